The molecule has 1 aliphatic heterocycles. The highest BCUT2D eigenvalue weighted by Crippen LogP contribution is 2.35. The maximum Gasteiger partial charge on any atom is 0.422 e. The molecule has 2 aromatic heterocycles. The van der Waals surface area contributed by atoms with Gasteiger partial charge in [0.15, 0.2) is 6.61 Å². The van der Waals surface area contributed by atoms with E-state index in [1.54, 1.807) is 19.9 Å². The largest absolute Gasteiger partial charge is 0.467 e. The van der Waals surface area contributed by atoms with Crippen LogP contribution in [0.15, 0.2) is 24.5 Å². The standard InChI is InChI=1S/C19H18ClF3N4O3/c1-3-15(28)26-16-13-8-27(18(29)12(13)4-5-24-16)10(2)11-6-14(20)17(25-7-11)30-9-19(21,22)23/h4-7,10H,3,8-9H2,1-2H3,(H,24,26,28). The normalized spacial score (nSPS) is 14.5. The van der Waals surface area contributed by atoms with Crippen LogP contribution in [-0.2, 0) is 11.3 Å². The fourth-order valence-corrected chi connectivity index (χ4v) is 3.22. The SMILES string of the molecule is CCC(=O)Nc1nccc2c1CN(C(C)c1cnc(OCC(F)(F)F)c(Cl)c1)C2=O. The van der Waals surface area contributed by atoms with Gasteiger partial charge in [0.05, 0.1) is 12.6 Å². The van der Waals surface area contributed by atoms with Gasteiger partial charge in [-0.1, -0.05) is 18.5 Å². The molecule has 11 heteroatoms. The molecule has 1 atom stereocenters. The molecule has 7 nitrogen and oxygen atoms in total. The number of amides is 2. The fraction of sp³-hybridized carbons (Fsp3) is 0.368. The van der Waals surface area contributed by atoms with Crippen molar-refractivity contribution in [1.29, 1.82) is 0 Å². The van der Waals surface area contributed by atoms with Crippen LogP contribution in [0.2, 0.25) is 5.02 Å². The van der Waals surface area contributed by atoms with E-state index in [1.807, 2.05) is 0 Å². The lowest BCUT2D eigenvalue weighted by atomic mass is 10.1. The maximum atomic E-state index is 12.9. The number of rotatable bonds is 6. The summed E-state index contributed by atoms with van der Waals surface area (Å²) in [5, 5.41) is 2.59. The summed E-state index contributed by atoms with van der Waals surface area (Å²) in [5.41, 5.74) is 1.54. The van der Waals surface area contributed by atoms with Crippen LogP contribution in [0, 0.1) is 0 Å². The predicted molar refractivity (Wildman–Crippen MR) is 102 cm³/mol. The Bertz CT molecular complexity index is 984. The molecule has 0 saturated heterocycles. The van der Waals surface area contributed by atoms with Crippen LogP contribution in [0.3, 0.4) is 0 Å². The Hall–Kier alpha value is -2.88. The summed E-state index contributed by atoms with van der Waals surface area (Å²) in [6.07, 6.45) is -1.48. The first kappa shape index (κ1) is 21.8. The number of nitrogens with zero attached hydrogens (tertiary/aromatic N) is 3. The van der Waals surface area contributed by atoms with Crippen LogP contribution < -0.4 is 10.1 Å². The zero-order valence-corrected chi connectivity index (χ0v) is 16.8. The summed E-state index contributed by atoms with van der Waals surface area (Å²) in [5.74, 6) is -0.495. The van der Waals surface area contributed by atoms with E-state index >= 15 is 0 Å². The lowest BCUT2D eigenvalue weighted by Crippen LogP contribution is -2.27. The minimum absolute atomic E-state index is 0.0923. The Kier molecular flexibility index (Phi) is 6.16. The zero-order chi connectivity index (χ0) is 22.1. The second-order valence-electron chi connectivity index (χ2n) is 6.66. The molecule has 160 valence electrons. The number of aromatic nitrogens is 2. The summed E-state index contributed by atoms with van der Waals surface area (Å²) in [6, 6.07) is 2.51. The maximum absolute atomic E-state index is 12.9. The van der Waals surface area contributed by atoms with Gasteiger partial charge in [0.25, 0.3) is 5.91 Å². The Morgan fingerprint density at radius 1 is 1.40 bits per heavy atom. The number of pyridine rings is 2. The van der Waals surface area contributed by atoms with E-state index in [1.165, 1.54) is 23.4 Å². The van der Waals surface area contributed by atoms with E-state index in [9.17, 15) is 22.8 Å². The summed E-state index contributed by atoms with van der Waals surface area (Å²) >= 11 is 6.02. The molecule has 3 rings (SSSR count). The Morgan fingerprint density at radius 3 is 2.77 bits per heavy atom. The number of anilines is 1. The average Bonchev–Trinajstić information content (AvgIpc) is 3.03. The van der Waals surface area contributed by atoms with Crippen LogP contribution in [0.1, 0.15) is 47.8 Å². The molecule has 1 aliphatic rings. The fourth-order valence-electron chi connectivity index (χ4n) is 3.00. The van der Waals surface area contributed by atoms with Gasteiger partial charge in [0, 0.05) is 29.9 Å². The molecule has 3 heterocycles. The molecule has 0 radical (unpaired) electrons. The highest BCUT2D eigenvalue weighted by atomic mass is 35.5. The lowest BCUT2D eigenvalue weighted by molar-refractivity contribution is -0.154. The smallest absolute Gasteiger partial charge is 0.422 e. The molecule has 0 spiro atoms. The quantitative estimate of drug-likeness (QED) is 0.727. The second-order valence-corrected chi connectivity index (χ2v) is 7.06. The van der Waals surface area contributed by atoms with Gasteiger partial charge in [-0.2, -0.15) is 13.2 Å². The monoisotopic (exact) mass is 442 g/mol. The van der Waals surface area contributed by atoms with E-state index in [2.05, 4.69) is 20.0 Å². The number of carbonyl (C=O) groups is 2. The number of hydrogen-bond acceptors (Lipinski definition) is 5. The third-order valence-electron chi connectivity index (χ3n) is 4.61. The molecule has 2 amide bonds. The van der Waals surface area contributed by atoms with Crippen molar-refractivity contribution >= 4 is 29.2 Å². The molecule has 2 aromatic rings. The molecular formula is C19H18ClF3N4O3. The first-order valence-corrected chi connectivity index (χ1v) is 9.42. The van der Waals surface area contributed by atoms with Gasteiger partial charge in [0.1, 0.15) is 10.8 Å². The third kappa shape index (κ3) is 4.64. The van der Waals surface area contributed by atoms with Gasteiger partial charge in [-0.15, -0.1) is 0 Å². The molecule has 0 bridgehead atoms. The van der Waals surface area contributed by atoms with E-state index in [-0.39, 0.29) is 35.7 Å². The van der Waals surface area contributed by atoms with Crippen molar-refractivity contribution in [2.45, 2.75) is 39.0 Å². The molecule has 1 unspecified atom stereocenters. The Labute approximate surface area is 175 Å². The number of carbonyl (C=O) groups excluding carboxylic acids is 2. The van der Waals surface area contributed by atoms with Crippen molar-refractivity contribution in [2.24, 2.45) is 0 Å². The lowest BCUT2D eigenvalue weighted by Gasteiger charge is -2.25. The number of ether oxygens (including phenoxy) is 1. The molecule has 30 heavy (non-hydrogen) atoms. The van der Waals surface area contributed by atoms with Crippen LogP contribution in [0.5, 0.6) is 5.88 Å². The first-order valence-electron chi connectivity index (χ1n) is 9.04. The predicted octanol–water partition coefficient (Wildman–Crippen LogP) is 4.14. The number of alkyl halides is 3. The van der Waals surface area contributed by atoms with Gasteiger partial charge in [-0.25, -0.2) is 9.97 Å². The van der Waals surface area contributed by atoms with Crippen LogP contribution >= 0.6 is 11.6 Å². The third-order valence-corrected chi connectivity index (χ3v) is 4.88. The van der Waals surface area contributed by atoms with Gasteiger partial charge < -0.3 is 15.0 Å². The van der Waals surface area contributed by atoms with Crippen molar-refractivity contribution in [3.63, 3.8) is 0 Å². The zero-order valence-electron chi connectivity index (χ0n) is 16.1. The van der Waals surface area contributed by atoms with Crippen molar-refractivity contribution < 1.29 is 27.5 Å². The number of halogens is 4. The van der Waals surface area contributed by atoms with Gasteiger partial charge in [-0.05, 0) is 24.6 Å². The minimum atomic E-state index is -4.51. The van der Waals surface area contributed by atoms with E-state index in [4.69, 9.17) is 11.6 Å². The highest BCUT2D eigenvalue weighted by Gasteiger charge is 2.34. The van der Waals surface area contributed by atoms with Crippen molar-refractivity contribution in [1.82, 2.24) is 14.9 Å². The Morgan fingerprint density at radius 2 is 2.13 bits per heavy atom. The second kappa shape index (κ2) is 8.47. The summed E-state index contributed by atoms with van der Waals surface area (Å²) in [6.45, 7) is 2.14. The van der Waals surface area contributed by atoms with Crippen LogP contribution in [0.25, 0.3) is 0 Å². The number of nitrogens with one attached hydrogen (secondary N) is 1. The van der Waals surface area contributed by atoms with Gasteiger partial charge >= 0.3 is 6.18 Å². The van der Waals surface area contributed by atoms with Crippen LogP contribution in [0.4, 0.5) is 19.0 Å². The number of hydrogen-bond donors (Lipinski definition) is 1. The molecule has 1 N–H and O–H groups in total. The highest BCUT2D eigenvalue weighted by molar-refractivity contribution is 6.31. The van der Waals surface area contributed by atoms with Gasteiger partial charge in [0.2, 0.25) is 11.8 Å². The Balaban J connectivity index is 1.80. The van der Waals surface area contributed by atoms with E-state index in [0.717, 1.165) is 0 Å². The topological polar surface area (TPSA) is 84.4 Å². The molecule has 0 aliphatic carbocycles. The first-order chi connectivity index (χ1) is 14.1. The van der Waals surface area contributed by atoms with Crippen molar-refractivity contribution in [2.75, 3.05) is 11.9 Å². The van der Waals surface area contributed by atoms with Crippen molar-refractivity contribution in [3.05, 3.63) is 46.2 Å². The summed E-state index contributed by atoms with van der Waals surface area (Å²) < 4.78 is 41.6. The summed E-state index contributed by atoms with van der Waals surface area (Å²) in [7, 11) is 0. The molecule has 0 saturated carbocycles. The number of fused-ring (bicyclic) bond motifs is 1. The molecule has 0 fully saturated rings. The van der Waals surface area contributed by atoms with Crippen molar-refractivity contribution in [3.8, 4) is 5.88 Å². The minimum Gasteiger partial charge on any atom is -0.467 e. The average molecular weight is 443 g/mol. The van der Waals surface area contributed by atoms with E-state index in [0.29, 0.717) is 22.5 Å². The van der Waals surface area contributed by atoms with E-state index < -0.39 is 18.8 Å². The molecular weight excluding hydrogens is 425 g/mol. The summed E-state index contributed by atoms with van der Waals surface area (Å²) in [4.78, 5) is 34.1. The van der Waals surface area contributed by atoms with Crippen LogP contribution in [-0.4, -0.2) is 39.5 Å². The molecule has 0 aromatic carbocycles. The van der Waals surface area contributed by atoms with Gasteiger partial charge in [-0.3, -0.25) is 9.59 Å².